The second-order valence-corrected chi connectivity index (χ2v) is 4.84. The van der Waals surface area contributed by atoms with Crippen LogP contribution >= 0.6 is 11.6 Å². The van der Waals surface area contributed by atoms with Crippen LogP contribution in [0.15, 0.2) is 53.7 Å². The maximum absolute atomic E-state index is 9.16. The van der Waals surface area contributed by atoms with Gasteiger partial charge in [0.15, 0.2) is 0 Å². The summed E-state index contributed by atoms with van der Waals surface area (Å²) in [6, 6.07) is 15.1. The number of nitrogens with zero attached hydrogens (tertiary/aromatic N) is 1. The average molecular weight is 274 g/mol. The van der Waals surface area contributed by atoms with E-state index in [0.29, 0.717) is 17.2 Å². The summed E-state index contributed by atoms with van der Waals surface area (Å²) in [6.45, 7) is 0. The van der Waals surface area contributed by atoms with Crippen molar-refractivity contribution in [2.24, 2.45) is 5.16 Å². The van der Waals surface area contributed by atoms with E-state index in [4.69, 9.17) is 21.5 Å². The summed E-state index contributed by atoms with van der Waals surface area (Å²) < 4.78 is 5.95. The molecule has 4 heteroatoms. The van der Waals surface area contributed by atoms with Gasteiger partial charge in [0.05, 0.1) is 5.71 Å². The predicted molar refractivity (Wildman–Crippen MR) is 74.2 cm³/mol. The van der Waals surface area contributed by atoms with Crippen LogP contribution in [-0.4, -0.2) is 10.9 Å². The van der Waals surface area contributed by atoms with Crippen molar-refractivity contribution in [1.29, 1.82) is 0 Å². The van der Waals surface area contributed by atoms with E-state index in [1.165, 1.54) is 0 Å². The van der Waals surface area contributed by atoms with Gasteiger partial charge in [0.1, 0.15) is 11.9 Å². The molecule has 1 heterocycles. The first kappa shape index (κ1) is 12.1. The van der Waals surface area contributed by atoms with Crippen LogP contribution in [0.5, 0.6) is 5.75 Å². The quantitative estimate of drug-likeness (QED) is 0.629. The third kappa shape index (κ3) is 2.29. The normalized spacial score (nSPS) is 19.8. The van der Waals surface area contributed by atoms with E-state index >= 15 is 0 Å². The Balaban J connectivity index is 1.98. The number of hydrogen-bond donors (Lipinski definition) is 1. The smallest absolute Gasteiger partial charge is 0.129 e. The first-order valence-electron chi connectivity index (χ1n) is 6.00. The van der Waals surface area contributed by atoms with E-state index in [1.807, 2.05) is 48.5 Å². The first-order chi connectivity index (χ1) is 9.28. The van der Waals surface area contributed by atoms with Crippen LogP contribution in [-0.2, 0) is 0 Å². The fourth-order valence-electron chi connectivity index (χ4n) is 2.25. The Hall–Kier alpha value is -2.00. The Labute approximate surface area is 116 Å². The summed E-state index contributed by atoms with van der Waals surface area (Å²) >= 11 is 5.88. The SMILES string of the molecule is O/N=C1/C[C@H](c2ccc(Cl)cc2)Oc2ccccc21. The van der Waals surface area contributed by atoms with Gasteiger partial charge in [-0.1, -0.05) is 41.0 Å². The third-order valence-corrected chi connectivity index (χ3v) is 3.46. The molecule has 0 radical (unpaired) electrons. The minimum absolute atomic E-state index is 0.155. The highest BCUT2D eigenvalue weighted by molar-refractivity contribution is 6.30. The lowest BCUT2D eigenvalue weighted by Gasteiger charge is -2.26. The molecule has 2 aromatic carbocycles. The van der Waals surface area contributed by atoms with Gasteiger partial charge in [-0.25, -0.2) is 0 Å². The maximum Gasteiger partial charge on any atom is 0.129 e. The lowest BCUT2D eigenvalue weighted by atomic mass is 9.96. The Morgan fingerprint density at radius 1 is 1.11 bits per heavy atom. The maximum atomic E-state index is 9.16. The van der Waals surface area contributed by atoms with Crippen LogP contribution in [0.2, 0.25) is 5.02 Å². The molecule has 0 unspecified atom stereocenters. The van der Waals surface area contributed by atoms with E-state index in [1.54, 1.807) is 0 Å². The highest BCUT2D eigenvalue weighted by Gasteiger charge is 2.26. The highest BCUT2D eigenvalue weighted by atomic mass is 35.5. The number of halogens is 1. The number of hydrogen-bond acceptors (Lipinski definition) is 3. The minimum atomic E-state index is -0.155. The van der Waals surface area contributed by atoms with Crippen molar-refractivity contribution < 1.29 is 9.94 Å². The fourth-order valence-corrected chi connectivity index (χ4v) is 2.37. The molecule has 0 aliphatic carbocycles. The Morgan fingerprint density at radius 3 is 2.58 bits per heavy atom. The molecular formula is C15H12ClNO2. The number of para-hydroxylation sites is 1. The van der Waals surface area contributed by atoms with Crippen molar-refractivity contribution in [3.05, 3.63) is 64.7 Å². The van der Waals surface area contributed by atoms with Gasteiger partial charge in [0, 0.05) is 17.0 Å². The number of ether oxygens (including phenoxy) is 1. The molecule has 0 saturated carbocycles. The monoisotopic (exact) mass is 273 g/mol. The molecule has 0 bridgehead atoms. The van der Waals surface area contributed by atoms with Gasteiger partial charge in [-0.15, -0.1) is 0 Å². The number of fused-ring (bicyclic) bond motifs is 1. The van der Waals surface area contributed by atoms with Gasteiger partial charge >= 0.3 is 0 Å². The van der Waals surface area contributed by atoms with E-state index in [-0.39, 0.29) is 6.10 Å². The van der Waals surface area contributed by atoms with E-state index < -0.39 is 0 Å². The van der Waals surface area contributed by atoms with Crippen LogP contribution in [0, 0.1) is 0 Å². The van der Waals surface area contributed by atoms with Crippen LogP contribution in [0.3, 0.4) is 0 Å². The van der Waals surface area contributed by atoms with Crippen LogP contribution in [0.25, 0.3) is 0 Å². The van der Waals surface area contributed by atoms with Gasteiger partial charge in [0.2, 0.25) is 0 Å². The molecule has 0 fully saturated rings. The summed E-state index contributed by atoms with van der Waals surface area (Å²) in [6.07, 6.45) is 0.382. The standard InChI is InChI=1S/C15H12ClNO2/c16-11-7-5-10(6-8-11)15-9-13(17-18)12-3-1-2-4-14(12)19-15/h1-8,15,18H,9H2/b17-13-/t15-/m1/s1. The van der Waals surface area contributed by atoms with Crippen molar-refractivity contribution >= 4 is 17.3 Å². The molecule has 0 amide bonds. The second-order valence-electron chi connectivity index (χ2n) is 4.41. The Kier molecular flexibility index (Phi) is 3.13. The lowest BCUT2D eigenvalue weighted by molar-refractivity contribution is 0.203. The summed E-state index contributed by atoms with van der Waals surface area (Å²) in [7, 11) is 0. The number of rotatable bonds is 1. The van der Waals surface area contributed by atoms with Gasteiger partial charge in [-0.3, -0.25) is 0 Å². The van der Waals surface area contributed by atoms with Crippen LogP contribution in [0.1, 0.15) is 23.7 Å². The zero-order valence-electron chi connectivity index (χ0n) is 10.1. The Morgan fingerprint density at radius 2 is 1.84 bits per heavy atom. The van der Waals surface area contributed by atoms with E-state index in [0.717, 1.165) is 16.9 Å². The molecule has 3 rings (SSSR count). The third-order valence-electron chi connectivity index (χ3n) is 3.21. The van der Waals surface area contributed by atoms with Crippen molar-refractivity contribution in [3.63, 3.8) is 0 Å². The largest absolute Gasteiger partial charge is 0.485 e. The molecular weight excluding hydrogens is 262 g/mol. The molecule has 3 nitrogen and oxygen atoms in total. The molecule has 1 atom stereocenters. The molecule has 1 N–H and O–H groups in total. The van der Waals surface area contributed by atoms with Gasteiger partial charge < -0.3 is 9.94 Å². The summed E-state index contributed by atoms with van der Waals surface area (Å²) in [5.74, 6) is 0.738. The lowest BCUT2D eigenvalue weighted by Crippen LogP contribution is -2.20. The zero-order chi connectivity index (χ0) is 13.2. The van der Waals surface area contributed by atoms with Gasteiger partial charge in [-0.05, 0) is 29.8 Å². The van der Waals surface area contributed by atoms with Crippen molar-refractivity contribution in [1.82, 2.24) is 0 Å². The number of benzene rings is 2. The molecule has 1 aliphatic rings. The second kappa shape index (κ2) is 4.94. The molecule has 96 valence electrons. The van der Waals surface area contributed by atoms with Gasteiger partial charge in [0.25, 0.3) is 0 Å². The molecule has 0 spiro atoms. The molecule has 0 aromatic heterocycles. The average Bonchev–Trinajstić information content (AvgIpc) is 2.47. The van der Waals surface area contributed by atoms with Crippen LogP contribution in [0.4, 0.5) is 0 Å². The molecule has 0 saturated heterocycles. The topological polar surface area (TPSA) is 41.8 Å². The Bertz CT molecular complexity index is 622. The number of oxime groups is 1. The minimum Gasteiger partial charge on any atom is -0.485 e. The molecule has 19 heavy (non-hydrogen) atoms. The zero-order valence-corrected chi connectivity index (χ0v) is 10.8. The van der Waals surface area contributed by atoms with Crippen molar-refractivity contribution in [2.45, 2.75) is 12.5 Å². The molecule has 1 aliphatic heterocycles. The van der Waals surface area contributed by atoms with Crippen molar-refractivity contribution in [2.75, 3.05) is 0 Å². The summed E-state index contributed by atoms with van der Waals surface area (Å²) in [4.78, 5) is 0. The van der Waals surface area contributed by atoms with E-state index in [9.17, 15) is 0 Å². The predicted octanol–water partition coefficient (Wildman–Crippen LogP) is 4.04. The summed E-state index contributed by atoms with van der Waals surface area (Å²) in [5.41, 5.74) is 2.50. The van der Waals surface area contributed by atoms with Gasteiger partial charge in [-0.2, -0.15) is 0 Å². The van der Waals surface area contributed by atoms with Crippen LogP contribution < -0.4 is 4.74 Å². The first-order valence-corrected chi connectivity index (χ1v) is 6.38. The molecule has 2 aromatic rings. The van der Waals surface area contributed by atoms with E-state index in [2.05, 4.69) is 5.16 Å². The highest BCUT2D eigenvalue weighted by Crippen LogP contribution is 2.35. The van der Waals surface area contributed by atoms with Crippen molar-refractivity contribution in [3.8, 4) is 5.75 Å². The fraction of sp³-hybridized carbons (Fsp3) is 0.133. The summed E-state index contributed by atoms with van der Waals surface area (Å²) in [5, 5.41) is 13.2.